The van der Waals surface area contributed by atoms with Gasteiger partial charge in [-0.05, 0) is 50.6 Å². The molecule has 2 aromatic carbocycles. The zero-order valence-corrected chi connectivity index (χ0v) is 18.7. The van der Waals surface area contributed by atoms with Crippen LogP contribution in [0.15, 0.2) is 36.5 Å². The molecule has 3 rings (SSSR count). The van der Waals surface area contributed by atoms with Gasteiger partial charge in [0.25, 0.3) is 0 Å². The van der Waals surface area contributed by atoms with Crippen molar-refractivity contribution in [2.75, 3.05) is 20.0 Å². The number of aromatic nitrogens is 2. The monoisotopic (exact) mass is 431 g/mol. The first-order valence-electron chi connectivity index (χ1n) is 9.90. The Morgan fingerprint density at radius 1 is 1.09 bits per heavy atom. The van der Waals surface area contributed by atoms with Crippen LogP contribution in [0.5, 0.6) is 17.2 Å². The first-order valence-corrected chi connectivity index (χ1v) is 9.90. The highest BCUT2D eigenvalue weighted by Gasteiger charge is 2.20. The molecule has 0 amide bonds. The lowest BCUT2D eigenvalue weighted by molar-refractivity contribution is 0.214. The molecule has 164 valence electrons. The normalized spacial score (nSPS) is 11.4. The van der Waals surface area contributed by atoms with E-state index in [1.165, 1.54) is 14.2 Å². The van der Waals surface area contributed by atoms with Crippen molar-refractivity contribution in [2.45, 2.75) is 26.9 Å². The summed E-state index contributed by atoms with van der Waals surface area (Å²) in [4.78, 5) is 0. The van der Waals surface area contributed by atoms with E-state index in [9.17, 15) is 5.26 Å². The molecule has 0 aliphatic carbocycles. The van der Waals surface area contributed by atoms with Crippen LogP contribution in [-0.2, 0) is 0 Å². The predicted molar refractivity (Wildman–Crippen MR) is 122 cm³/mol. The van der Waals surface area contributed by atoms with Gasteiger partial charge < -0.3 is 19.9 Å². The molecule has 0 spiro atoms. The van der Waals surface area contributed by atoms with E-state index in [-0.39, 0.29) is 11.8 Å². The van der Waals surface area contributed by atoms with E-state index in [0.717, 1.165) is 16.8 Å². The van der Waals surface area contributed by atoms with Crippen LogP contribution in [0, 0.1) is 30.6 Å². The minimum atomic E-state index is -0.341. The van der Waals surface area contributed by atoms with Gasteiger partial charge in [0.2, 0.25) is 0 Å². The lowest BCUT2D eigenvalue weighted by Crippen LogP contribution is -2.12. The van der Waals surface area contributed by atoms with Crippen LogP contribution in [0.4, 0.5) is 5.69 Å². The maximum Gasteiger partial charge on any atom is 0.162 e. The molecule has 0 saturated heterocycles. The number of hydrogen-bond donors (Lipinski definition) is 2. The zero-order valence-electron chi connectivity index (χ0n) is 18.7. The molecule has 8 nitrogen and oxygen atoms in total. The number of rotatable bonds is 7. The summed E-state index contributed by atoms with van der Waals surface area (Å²) in [7, 11) is 3.04. The molecule has 0 fully saturated rings. The molecule has 0 saturated carbocycles. The second kappa shape index (κ2) is 9.35. The number of nitrogens with two attached hydrogens (primary N) is 1. The Balaban J connectivity index is 2.04. The molecule has 1 heterocycles. The standard InChI is InChI=1S/C24H25N5O3/c1-13-12-28-29-14(2)23(13)15(3)32-22-9-19(20(26)10-21(22)31-5)24(27)17-6-16(11-25)7-18(8-17)30-4/h6-10,12,15,27H,26H2,1-5H3/t15-/m0/s1. The fourth-order valence-corrected chi connectivity index (χ4v) is 3.60. The fourth-order valence-electron chi connectivity index (χ4n) is 3.60. The highest BCUT2D eigenvalue weighted by Crippen LogP contribution is 2.37. The summed E-state index contributed by atoms with van der Waals surface area (Å²) in [6, 6.07) is 10.3. The number of nitrogens with zero attached hydrogens (tertiary/aromatic N) is 3. The first kappa shape index (κ1) is 22.6. The van der Waals surface area contributed by atoms with Crippen molar-refractivity contribution in [1.82, 2.24) is 10.2 Å². The molecule has 3 N–H and O–H groups in total. The van der Waals surface area contributed by atoms with E-state index in [1.807, 2.05) is 20.8 Å². The molecule has 0 radical (unpaired) electrons. The third-order valence-electron chi connectivity index (χ3n) is 5.15. The van der Waals surface area contributed by atoms with Crippen LogP contribution >= 0.6 is 0 Å². The molecule has 1 atom stereocenters. The van der Waals surface area contributed by atoms with Gasteiger partial charge in [-0.1, -0.05) is 0 Å². The number of hydrogen-bond acceptors (Lipinski definition) is 8. The van der Waals surface area contributed by atoms with Crippen LogP contribution in [-0.4, -0.2) is 30.1 Å². The van der Waals surface area contributed by atoms with Gasteiger partial charge in [-0.3, -0.25) is 5.41 Å². The summed E-state index contributed by atoms with van der Waals surface area (Å²) in [6.45, 7) is 5.75. The molecular weight excluding hydrogens is 406 g/mol. The van der Waals surface area contributed by atoms with Gasteiger partial charge in [-0.15, -0.1) is 0 Å². The van der Waals surface area contributed by atoms with E-state index >= 15 is 0 Å². The average Bonchev–Trinajstić information content (AvgIpc) is 2.78. The van der Waals surface area contributed by atoms with Gasteiger partial charge in [-0.2, -0.15) is 15.5 Å². The summed E-state index contributed by atoms with van der Waals surface area (Å²) in [5.74, 6) is 1.37. The second-order valence-corrected chi connectivity index (χ2v) is 7.31. The van der Waals surface area contributed by atoms with Crippen molar-refractivity contribution in [3.8, 4) is 23.3 Å². The second-order valence-electron chi connectivity index (χ2n) is 7.31. The van der Waals surface area contributed by atoms with Crippen molar-refractivity contribution in [3.05, 3.63) is 70.0 Å². The Kier molecular flexibility index (Phi) is 6.59. The van der Waals surface area contributed by atoms with Crippen molar-refractivity contribution in [1.29, 1.82) is 10.7 Å². The Bertz CT molecular complexity index is 1200. The number of nitrogens with one attached hydrogen (secondary N) is 1. The number of aryl methyl sites for hydroxylation is 2. The Morgan fingerprint density at radius 3 is 2.47 bits per heavy atom. The van der Waals surface area contributed by atoms with Gasteiger partial charge in [0.15, 0.2) is 11.5 Å². The van der Waals surface area contributed by atoms with Crippen LogP contribution in [0.25, 0.3) is 0 Å². The summed E-state index contributed by atoms with van der Waals surface area (Å²) in [6.07, 6.45) is 1.35. The zero-order chi connectivity index (χ0) is 23.4. The molecule has 0 aliphatic rings. The molecular formula is C24H25N5O3. The van der Waals surface area contributed by atoms with Gasteiger partial charge >= 0.3 is 0 Å². The van der Waals surface area contributed by atoms with Crippen LogP contribution in [0.3, 0.4) is 0 Å². The molecule has 0 aliphatic heterocycles. The number of benzene rings is 2. The van der Waals surface area contributed by atoms with Crippen molar-refractivity contribution >= 4 is 11.4 Å². The van der Waals surface area contributed by atoms with Crippen LogP contribution < -0.4 is 19.9 Å². The molecule has 3 aromatic rings. The number of nitrogen functional groups attached to an aromatic ring is 1. The summed E-state index contributed by atoms with van der Waals surface area (Å²) in [5, 5.41) is 26.1. The smallest absolute Gasteiger partial charge is 0.162 e. The van der Waals surface area contributed by atoms with E-state index in [4.69, 9.17) is 25.4 Å². The topological polar surface area (TPSA) is 127 Å². The van der Waals surface area contributed by atoms with Gasteiger partial charge in [0.05, 0.1) is 43.5 Å². The minimum Gasteiger partial charge on any atom is -0.497 e. The summed E-state index contributed by atoms with van der Waals surface area (Å²) in [5.41, 5.74) is 10.7. The molecule has 0 bridgehead atoms. The first-order chi connectivity index (χ1) is 15.3. The van der Waals surface area contributed by atoms with E-state index in [1.54, 1.807) is 36.5 Å². The van der Waals surface area contributed by atoms with E-state index in [0.29, 0.717) is 39.6 Å². The molecule has 8 heteroatoms. The third-order valence-corrected chi connectivity index (χ3v) is 5.15. The number of methoxy groups -OCH3 is 2. The number of ether oxygens (including phenoxy) is 3. The lowest BCUT2D eigenvalue weighted by atomic mass is 9.98. The molecule has 32 heavy (non-hydrogen) atoms. The largest absolute Gasteiger partial charge is 0.497 e. The van der Waals surface area contributed by atoms with Gasteiger partial charge in [0.1, 0.15) is 11.9 Å². The quantitative estimate of drug-likeness (QED) is 0.425. The highest BCUT2D eigenvalue weighted by atomic mass is 16.5. The Labute approximate surface area is 187 Å². The Morgan fingerprint density at radius 2 is 1.84 bits per heavy atom. The molecule has 1 aromatic heterocycles. The molecule has 0 unspecified atom stereocenters. The maximum atomic E-state index is 9.31. The van der Waals surface area contributed by atoms with Crippen LogP contribution in [0.1, 0.15) is 46.5 Å². The average molecular weight is 431 g/mol. The Hall–Kier alpha value is -4.12. The SMILES string of the molecule is COc1cc(C#N)cc(C(=N)c2cc(O[C@@H](C)c3c(C)cnnc3C)c(OC)cc2N)c1. The van der Waals surface area contributed by atoms with Crippen LogP contribution in [0.2, 0.25) is 0 Å². The van der Waals surface area contributed by atoms with Crippen molar-refractivity contribution in [2.24, 2.45) is 0 Å². The van der Waals surface area contributed by atoms with Crippen molar-refractivity contribution < 1.29 is 14.2 Å². The summed E-state index contributed by atoms with van der Waals surface area (Å²) >= 11 is 0. The lowest BCUT2D eigenvalue weighted by Gasteiger charge is -2.21. The number of anilines is 1. The highest BCUT2D eigenvalue weighted by molar-refractivity contribution is 6.14. The fraction of sp³-hybridized carbons (Fsp3) is 0.250. The van der Waals surface area contributed by atoms with Crippen molar-refractivity contribution in [3.63, 3.8) is 0 Å². The predicted octanol–water partition coefficient (Wildman–Crippen LogP) is 4.12. The maximum absolute atomic E-state index is 9.31. The third kappa shape index (κ3) is 4.47. The van der Waals surface area contributed by atoms with Gasteiger partial charge in [0, 0.05) is 28.4 Å². The van der Waals surface area contributed by atoms with E-state index < -0.39 is 0 Å². The van der Waals surface area contributed by atoms with Gasteiger partial charge in [-0.25, -0.2) is 0 Å². The number of nitriles is 1. The van der Waals surface area contributed by atoms with E-state index in [2.05, 4.69) is 16.3 Å². The summed E-state index contributed by atoms with van der Waals surface area (Å²) < 4.78 is 17.0. The minimum absolute atomic E-state index is 0.135.